The zero-order valence-corrected chi connectivity index (χ0v) is 27.1. The number of hydrogen-bond acceptors (Lipinski definition) is 5. The highest BCUT2D eigenvalue weighted by Gasteiger charge is 2.20. The van der Waals surface area contributed by atoms with Crippen LogP contribution in [-0.2, 0) is 0 Å². The van der Waals surface area contributed by atoms with Crippen LogP contribution in [0.1, 0.15) is 0 Å². The van der Waals surface area contributed by atoms with E-state index >= 15 is 0 Å². The predicted octanol–water partition coefficient (Wildman–Crippen LogP) is 11.8. The Labute approximate surface area is 290 Å². The fraction of sp³-hybridized carbons (Fsp3) is 0. The molecule has 0 unspecified atom stereocenters. The Kier molecular flexibility index (Phi) is 5.86. The number of furan rings is 2. The summed E-state index contributed by atoms with van der Waals surface area (Å²) in [6, 6.07) is 53.8. The molecule has 51 heavy (non-hydrogen) atoms. The van der Waals surface area contributed by atoms with E-state index in [0.29, 0.717) is 17.5 Å². The molecule has 0 saturated heterocycles. The van der Waals surface area contributed by atoms with Crippen molar-refractivity contribution >= 4 is 65.7 Å². The first-order valence-corrected chi connectivity index (χ1v) is 16.9. The van der Waals surface area contributed by atoms with Crippen molar-refractivity contribution in [1.82, 2.24) is 19.5 Å². The Hall–Kier alpha value is -7.05. The summed E-state index contributed by atoms with van der Waals surface area (Å²) in [6.45, 7) is 0. The summed E-state index contributed by atoms with van der Waals surface area (Å²) < 4.78 is 15.2. The van der Waals surface area contributed by atoms with Crippen molar-refractivity contribution in [3.8, 4) is 39.9 Å². The van der Waals surface area contributed by atoms with Crippen LogP contribution in [-0.4, -0.2) is 19.5 Å². The van der Waals surface area contributed by atoms with Crippen molar-refractivity contribution in [2.45, 2.75) is 0 Å². The molecule has 0 saturated carbocycles. The van der Waals surface area contributed by atoms with Crippen molar-refractivity contribution < 1.29 is 8.83 Å². The molecular formula is C45H26N4O2. The first kappa shape index (κ1) is 27.9. The number of rotatable bonds is 4. The topological polar surface area (TPSA) is 69.9 Å². The van der Waals surface area contributed by atoms with Crippen molar-refractivity contribution in [3.63, 3.8) is 0 Å². The Morgan fingerprint density at radius 3 is 1.78 bits per heavy atom. The first-order valence-electron chi connectivity index (χ1n) is 16.9. The molecule has 0 bridgehead atoms. The fourth-order valence-corrected chi connectivity index (χ4v) is 7.53. The van der Waals surface area contributed by atoms with Gasteiger partial charge in [0.15, 0.2) is 17.5 Å². The van der Waals surface area contributed by atoms with Crippen LogP contribution < -0.4 is 0 Å². The van der Waals surface area contributed by atoms with Gasteiger partial charge in [-0.05, 0) is 42.5 Å². The standard InChI is InChI=1S/C45H26N4O2/c1-3-12-27(13-4-1)43-46-44(28-14-5-2-6-15-28)48-45(47-43)32-18-11-21-40-42(32)35-24-29(22-23-39(35)50-40)49-36-19-9-7-16-30(36)33-25-34-31-17-8-10-20-38(31)51-41(34)26-37(33)49/h1-26H. The summed E-state index contributed by atoms with van der Waals surface area (Å²) in [5.41, 5.74) is 9.27. The summed E-state index contributed by atoms with van der Waals surface area (Å²) in [5.74, 6) is 1.82. The quantitative estimate of drug-likeness (QED) is 0.189. The van der Waals surface area contributed by atoms with Crippen molar-refractivity contribution in [1.29, 1.82) is 0 Å². The Morgan fingerprint density at radius 2 is 1.00 bits per heavy atom. The summed E-state index contributed by atoms with van der Waals surface area (Å²) in [4.78, 5) is 15.0. The maximum absolute atomic E-state index is 6.49. The van der Waals surface area contributed by atoms with Gasteiger partial charge >= 0.3 is 0 Å². The van der Waals surface area contributed by atoms with Crippen LogP contribution >= 0.6 is 0 Å². The molecule has 0 spiro atoms. The van der Waals surface area contributed by atoms with Gasteiger partial charge in [0, 0.05) is 60.8 Å². The monoisotopic (exact) mass is 654 g/mol. The molecule has 0 amide bonds. The molecule has 0 fully saturated rings. The lowest BCUT2D eigenvalue weighted by atomic mass is 10.0. The molecule has 0 N–H and O–H groups in total. The Morgan fingerprint density at radius 1 is 0.373 bits per heavy atom. The number of benzene rings is 7. The van der Waals surface area contributed by atoms with E-state index in [0.717, 1.165) is 77.3 Å². The van der Waals surface area contributed by atoms with Gasteiger partial charge in [0.25, 0.3) is 0 Å². The molecule has 6 nitrogen and oxygen atoms in total. The second-order valence-electron chi connectivity index (χ2n) is 12.8. The van der Waals surface area contributed by atoms with Gasteiger partial charge in [0.1, 0.15) is 22.3 Å². The van der Waals surface area contributed by atoms with Crippen LogP contribution in [0.3, 0.4) is 0 Å². The normalized spacial score (nSPS) is 11.9. The van der Waals surface area contributed by atoms with Gasteiger partial charge in [-0.25, -0.2) is 15.0 Å². The molecule has 0 aliphatic rings. The lowest BCUT2D eigenvalue weighted by Crippen LogP contribution is -2.00. The van der Waals surface area contributed by atoms with E-state index in [1.54, 1.807) is 0 Å². The molecule has 11 rings (SSSR count). The minimum absolute atomic E-state index is 0.588. The van der Waals surface area contributed by atoms with Crippen LogP contribution in [0.15, 0.2) is 167 Å². The van der Waals surface area contributed by atoms with Crippen LogP contribution in [0.4, 0.5) is 0 Å². The van der Waals surface area contributed by atoms with Gasteiger partial charge in [-0.2, -0.15) is 0 Å². The van der Waals surface area contributed by atoms with Gasteiger partial charge in [0.05, 0.1) is 11.0 Å². The van der Waals surface area contributed by atoms with Crippen LogP contribution in [0.2, 0.25) is 0 Å². The Bertz CT molecular complexity index is 3080. The van der Waals surface area contributed by atoms with Gasteiger partial charge in [-0.1, -0.05) is 109 Å². The Balaban J connectivity index is 1.16. The van der Waals surface area contributed by atoms with E-state index in [1.807, 2.05) is 84.9 Å². The molecule has 0 aliphatic heterocycles. The van der Waals surface area contributed by atoms with Crippen LogP contribution in [0.25, 0.3) is 106 Å². The number of hydrogen-bond donors (Lipinski definition) is 0. The number of aromatic nitrogens is 4. The molecule has 7 aromatic carbocycles. The second kappa shape index (κ2) is 10.7. The van der Waals surface area contributed by atoms with E-state index < -0.39 is 0 Å². The molecule has 0 aliphatic carbocycles. The molecule has 4 aromatic heterocycles. The third kappa shape index (κ3) is 4.26. The number of fused-ring (bicyclic) bond motifs is 9. The van der Waals surface area contributed by atoms with Crippen molar-refractivity contribution in [3.05, 3.63) is 158 Å². The first-order chi connectivity index (χ1) is 25.3. The van der Waals surface area contributed by atoms with Gasteiger partial charge in [-0.15, -0.1) is 0 Å². The lowest BCUT2D eigenvalue weighted by molar-refractivity contribution is 0.668. The number of nitrogens with zero attached hydrogens (tertiary/aromatic N) is 4. The number of para-hydroxylation sites is 2. The molecule has 6 heteroatoms. The predicted molar refractivity (Wildman–Crippen MR) is 205 cm³/mol. The van der Waals surface area contributed by atoms with Crippen molar-refractivity contribution in [2.24, 2.45) is 0 Å². The van der Waals surface area contributed by atoms with Gasteiger partial charge in [-0.3, -0.25) is 0 Å². The second-order valence-corrected chi connectivity index (χ2v) is 12.8. The zero-order valence-electron chi connectivity index (χ0n) is 27.1. The van der Waals surface area contributed by atoms with Crippen LogP contribution in [0.5, 0.6) is 0 Å². The summed E-state index contributed by atoms with van der Waals surface area (Å²) in [5, 5.41) is 6.54. The fourth-order valence-electron chi connectivity index (χ4n) is 7.53. The van der Waals surface area contributed by atoms with E-state index in [1.165, 1.54) is 10.8 Å². The highest BCUT2D eigenvalue weighted by Crippen LogP contribution is 2.41. The summed E-state index contributed by atoms with van der Waals surface area (Å²) in [7, 11) is 0. The maximum atomic E-state index is 6.49. The van der Waals surface area contributed by atoms with E-state index in [9.17, 15) is 0 Å². The molecule has 11 aromatic rings. The van der Waals surface area contributed by atoms with E-state index in [-0.39, 0.29) is 0 Å². The molecule has 0 atom stereocenters. The molecular weight excluding hydrogens is 629 g/mol. The molecule has 0 radical (unpaired) electrons. The average Bonchev–Trinajstić information content (AvgIpc) is 3.86. The SMILES string of the molecule is c1ccc(-c2nc(-c3ccccc3)nc(-c3cccc4oc5ccc(-n6c7ccccc7c7cc8c(cc76)oc6ccccc68)cc5c34)n2)cc1. The third-order valence-corrected chi connectivity index (χ3v) is 9.85. The van der Waals surface area contributed by atoms with E-state index in [4.69, 9.17) is 23.8 Å². The largest absolute Gasteiger partial charge is 0.456 e. The van der Waals surface area contributed by atoms with E-state index in [2.05, 4.69) is 77.4 Å². The smallest absolute Gasteiger partial charge is 0.164 e. The summed E-state index contributed by atoms with van der Waals surface area (Å²) >= 11 is 0. The van der Waals surface area contributed by atoms with Crippen molar-refractivity contribution in [2.75, 3.05) is 0 Å². The lowest BCUT2D eigenvalue weighted by Gasteiger charge is -2.10. The van der Waals surface area contributed by atoms with Gasteiger partial charge < -0.3 is 13.4 Å². The summed E-state index contributed by atoms with van der Waals surface area (Å²) in [6.07, 6.45) is 0. The van der Waals surface area contributed by atoms with Crippen LogP contribution in [0, 0.1) is 0 Å². The highest BCUT2D eigenvalue weighted by atomic mass is 16.3. The highest BCUT2D eigenvalue weighted by molar-refractivity contribution is 6.18. The third-order valence-electron chi connectivity index (χ3n) is 9.85. The minimum Gasteiger partial charge on any atom is -0.456 e. The van der Waals surface area contributed by atoms with Gasteiger partial charge in [0.2, 0.25) is 0 Å². The maximum Gasteiger partial charge on any atom is 0.164 e. The molecule has 238 valence electrons. The minimum atomic E-state index is 0.588. The zero-order chi connectivity index (χ0) is 33.5. The molecule has 4 heterocycles. The average molecular weight is 655 g/mol.